The molecule has 104 valence electrons. The average Bonchev–Trinajstić information content (AvgIpc) is 2.39. The third-order valence-electron chi connectivity index (χ3n) is 2.38. The SMILES string of the molecule is CC(Cl)OC(=O)Nc1ccc(-c2ccc(=O)[nH]n2)cc1. The zero-order chi connectivity index (χ0) is 14.5. The normalized spacial score (nSPS) is 11.7. The standard InChI is InChI=1S/C13H12ClN3O3/c1-8(14)20-13(19)15-10-4-2-9(3-5-10)11-6-7-12(18)17-16-11/h2-8H,1H3,(H,15,19)(H,17,18). The summed E-state index contributed by atoms with van der Waals surface area (Å²) in [7, 11) is 0. The van der Waals surface area contributed by atoms with Crippen molar-refractivity contribution in [3.63, 3.8) is 0 Å². The van der Waals surface area contributed by atoms with E-state index in [1.165, 1.54) is 6.07 Å². The Bertz CT molecular complexity index is 632. The van der Waals surface area contributed by atoms with Crippen LogP contribution in [0, 0.1) is 0 Å². The lowest BCUT2D eigenvalue weighted by Crippen LogP contribution is -2.16. The van der Waals surface area contributed by atoms with E-state index in [-0.39, 0.29) is 5.56 Å². The van der Waals surface area contributed by atoms with Gasteiger partial charge in [-0.3, -0.25) is 10.1 Å². The van der Waals surface area contributed by atoms with E-state index in [2.05, 4.69) is 15.5 Å². The molecular formula is C13H12ClN3O3. The molecule has 1 unspecified atom stereocenters. The molecule has 0 fully saturated rings. The fourth-order valence-electron chi connectivity index (χ4n) is 1.52. The van der Waals surface area contributed by atoms with Crippen molar-refractivity contribution >= 4 is 23.4 Å². The van der Waals surface area contributed by atoms with E-state index in [1.54, 1.807) is 37.3 Å². The lowest BCUT2D eigenvalue weighted by Gasteiger charge is -2.08. The molecule has 7 heteroatoms. The summed E-state index contributed by atoms with van der Waals surface area (Å²) in [4.78, 5) is 22.3. The molecule has 1 amide bonds. The Kier molecular flexibility index (Phi) is 4.37. The van der Waals surface area contributed by atoms with Gasteiger partial charge in [-0.05, 0) is 25.1 Å². The summed E-state index contributed by atoms with van der Waals surface area (Å²) in [5.41, 5.74) is 1.06. The van der Waals surface area contributed by atoms with Gasteiger partial charge in [0.2, 0.25) is 0 Å². The minimum atomic E-state index is -0.695. The van der Waals surface area contributed by atoms with Gasteiger partial charge in [0.15, 0.2) is 5.56 Å². The Morgan fingerprint density at radius 2 is 2.00 bits per heavy atom. The van der Waals surface area contributed by atoms with Crippen LogP contribution in [-0.4, -0.2) is 21.9 Å². The maximum atomic E-state index is 11.3. The number of anilines is 1. The van der Waals surface area contributed by atoms with Crippen LogP contribution in [0.5, 0.6) is 0 Å². The van der Waals surface area contributed by atoms with Crippen molar-refractivity contribution in [2.45, 2.75) is 12.5 Å². The second kappa shape index (κ2) is 6.21. The van der Waals surface area contributed by atoms with Gasteiger partial charge >= 0.3 is 6.09 Å². The van der Waals surface area contributed by atoms with Gasteiger partial charge in [0, 0.05) is 17.3 Å². The van der Waals surface area contributed by atoms with Gasteiger partial charge in [-0.15, -0.1) is 0 Å². The van der Waals surface area contributed by atoms with Crippen LogP contribution in [0.3, 0.4) is 0 Å². The van der Waals surface area contributed by atoms with Crippen molar-refractivity contribution in [3.05, 3.63) is 46.8 Å². The first-order valence-electron chi connectivity index (χ1n) is 5.82. The number of rotatable bonds is 3. The van der Waals surface area contributed by atoms with Crippen LogP contribution in [0.4, 0.5) is 10.5 Å². The molecule has 0 saturated carbocycles. The zero-order valence-corrected chi connectivity index (χ0v) is 11.3. The zero-order valence-electron chi connectivity index (χ0n) is 10.6. The molecule has 1 heterocycles. The molecule has 6 nitrogen and oxygen atoms in total. The number of H-pyrrole nitrogens is 1. The number of aromatic nitrogens is 2. The van der Waals surface area contributed by atoms with Crippen LogP contribution in [-0.2, 0) is 4.74 Å². The van der Waals surface area contributed by atoms with Gasteiger partial charge in [-0.1, -0.05) is 23.7 Å². The number of nitrogens with one attached hydrogen (secondary N) is 2. The van der Waals surface area contributed by atoms with Crippen LogP contribution in [0.1, 0.15) is 6.92 Å². The Balaban J connectivity index is 2.08. The van der Waals surface area contributed by atoms with Crippen molar-refractivity contribution in [2.24, 2.45) is 0 Å². The highest BCUT2D eigenvalue weighted by Gasteiger charge is 2.07. The molecule has 20 heavy (non-hydrogen) atoms. The highest BCUT2D eigenvalue weighted by Crippen LogP contribution is 2.18. The number of nitrogens with zero attached hydrogens (tertiary/aromatic N) is 1. The number of amides is 1. The summed E-state index contributed by atoms with van der Waals surface area (Å²) < 4.78 is 4.75. The fraction of sp³-hybridized carbons (Fsp3) is 0.154. The van der Waals surface area contributed by atoms with Crippen LogP contribution >= 0.6 is 11.6 Å². The molecule has 0 aliphatic heterocycles. The van der Waals surface area contributed by atoms with E-state index in [0.29, 0.717) is 11.4 Å². The largest absolute Gasteiger partial charge is 0.430 e. The Morgan fingerprint density at radius 1 is 1.30 bits per heavy atom. The third-order valence-corrected chi connectivity index (χ3v) is 2.46. The fourth-order valence-corrected chi connectivity index (χ4v) is 1.61. The first-order valence-corrected chi connectivity index (χ1v) is 6.26. The molecule has 2 aromatic rings. The summed E-state index contributed by atoms with van der Waals surface area (Å²) in [5.74, 6) is 0. The highest BCUT2D eigenvalue weighted by atomic mass is 35.5. The van der Waals surface area contributed by atoms with Gasteiger partial charge in [-0.2, -0.15) is 5.10 Å². The monoisotopic (exact) mass is 293 g/mol. The molecule has 0 bridgehead atoms. The summed E-state index contributed by atoms with van der Waals surface area (Å²) >= 11 is 5.54. The van der Waals surface area contributed by atoms with Crippen LogP contribution in [0.2, 0.25) is 0 Å². The number of benzene rings is 1. The second-order valence-electron chi connectivity index (χ2n) is 3.96. The van der Waals surface area contributed by atoms with Crippen LogP contribution in [0.25, 0.3) is 11.3 Å². The molecule has 0 aliphatic carbocycles. The number of hydrogen-bond donors (Lipinski definition) is 2. The van der Waals surface area contributed by atoms with E-state index >= 15 is 0 Å². The topological polar surface area (TPSA) is 84.1 Å². The molecule has 1 aromatic carbocycles. The lowest BCUT2D eigenvalue weighted by atomic mass is 10.1. The predicted molar refractivity (Wildman–Crippen MR) is 75.7 cm³/mol. The molecule has 2 rings (SSSR count). The van der Waals surface area contributed by atoms with Crippen LogP contribution in [0.15, 0.2) is 41.2 Å². The van der Waals surface area contributed by atoms with Crippen LogP contribution < -0.4 is 10.9 Å². The van der Waals surface area contributed by atoms with Crippen molar-refractivity contribution in [1.82, 2.24) is 10.2 Å². The maximum Gasteiger partial charge on any atom is 0.413 e. The Labute approximate surface area is 119 Å². The van der Waals surface area contributed by atoms with Crippen molar-refractivity contribution in [1.29, 1.82) is 0 Å². The first-order chi connectivity index (χ1) is 9.54. The number of aromatic amines is 1. The number of hydrogen-bond acceptors (Lipinski definition) is 4. The quantitative estimate of drug-likeness (QED) is 0.852. The summed E-state index contributed by atoms with van der Waals surface area (Å²) in [5, 5.41) is 8.81. The molecule has 0 aliphatic rings. The summed E-state index contributed by atoms with van der Waals surface area (Å²) in [6.07, 6.45) is -0.623. The van der Waals surface area contributed by atoms with Gasteiger partial charge in [-0.25, -0.2) is 9.89 Å². The highest BCUT2D eigenvalue weighted by molar-refractivity contribution is 6.20. The van der Waals surface area contributed by atoms with Crippen molar-refractivity contribution in [3.8, 4) is 11.3 Å². The minimum absolute atomic E-state index is 0.259. The van der Waals surface area contributed by atoms with E-state index in [9.17, 15) is 9.59 Å². The number of carbonyl (C=O) groups excluding carboxylic acids is 1. The molecular weight excluding hydrogens is 282 g/mol. The number of ether oxygens (including phenoxy) is 1. The average molecular weight is 294 g/mol. The van der Waals surface area contributed by atoms with Gasteiger partial charge in [0.1, 0.15) is 0 Å². The van der Waals surface area contributed by atoms with E-state index in [4.69, 9.17) is 16.3 Å². The molecule has 0 radical (unpaired) electrons. The van der Waals surface area contributed by atoms with E-state index in [1.807, 2.05) is 0 Å². The van der Waals surface area contributed by atoms with Crippen molar-refractivity contribution < 1.29 is 9.53 Å². The molecule has 0 spiro atoms. The van der Waals surface area contributed by atoms with Gasteiger partial charge < -0.3 is 4.74 Å². The third kappa shape index (κ3) is 3.83. The Hall–Kier alpha value is -2.34. The number of carbonyl (C=O) groups is 1. The number of halogens is 1. The maximum absolute atomic E-state index is 11.3. The Morgan fingerprint density at radius 3 is 2.55 bits per heavy atom. The van der Waals surface area contributed by atoms with E-state index in [0.717, 1.165) is 5.56 Å². The van der Waals surface area contributed by atoms with Gasteiger partial charge in [0.25, 0.3) is 5.56 Å². The number of alkyl halides is 1. The van der Waals surface area contributed by atoms with E-state index < -0.39 is 11.7 Å². The van der Waals surface area contributed by atoms with Gasteiger partial charge in [0.05, 0.1) is 5.69 Å². The summed E-state index contributed by atoms with van der Waals surface area (Å²) in [6.45, 7) is 1.55. The second-order valence-corrected chi connectivity index (χ2v) is 4.57. The summed E-state index contributed by atoms with van der Waals surface area (Å²) in [6, 6.07) is 9.93. The van der Waals surface area contributed by atoms with Crippen molar-refractivity contribution in [2.75, 3.05) is 5.32 Å². The predicted octanol–water partition coefficient (Wildman–Crippen LogP) is 2.57. The first kappa shape index (κ1) is 14.1. The lowest BCUT2D eigenvalue weighted by molar-refractivity contribution is 0.154. The molecule has 1 aromatic heterocycles. The smallest absolute Gasteiger partial charge is 0.413 e. The minimum Gasteiger partial charge on any atom is -0.430 e. The molecule has 0 saturated heterocycles. The molecule has 2 N–H and O–H groups in total. The molecule has 1 atom stereocenters.